The highest BCUT2D eigenvalue weighted by Gasteiger charge is 2.33. The topological polar surface area (TPSA) is 47.4 Å². The van der Waals surface area contributed by atoms with Gasteiger partial charge in [0.25, 0.3) is 5.91 Å². The largest absolute Gasteiger partial charge is 0.372 e. The van der Waals surface area contributed by atoms with Crippen LogP contribution < -0.4 is 0 Å². The molecule has 0 radical (unpaired) electrons. The summed E-state index contributed by atoms with van der Waals surface area (Å²) in [5, 5.41) is 0. The lowest BCUT2D eigenvalue weighted by molar-refractivity contribution is 0.0673. The lowest BCUT2D eigenvalue weighted by Gasteiger charge is -2.27. The highest BCUT2D eigenvalue weighted by Crippen LogP contribution is 2.35. The molecule has 0 bridgehead atoms. The predicted octanol–water partition coefficient (Wildman–Crippen LogP) is 2.84. The molecule has 1 aromatic heterocycles. The van der Waals surface area contributed by atoms with Gasteiger partial charge in [-0.05, 0) is 43.0 Å². The number of carbonyl (C=O) groups is 1. The van der Waals surface area contributed by atoms with Crippen molar-refractivity contribution in [3.63, 3.8) is 0 Å². The Morgan fingerprint density at radius 1 is 1.38 bits per heavy atom. The summed E-state index contributed by atoms with van der Waals surface area (Å²) in [5.74, 6) is 0.567. The molecule has 2 aliphatic rings. The first-order valence-corrected chi connectivity index (χ1v) is 8.34. The van der Waals surface area contributed by atoms with E-state index in [4.69, 9.17) is 4.74 Å². The van der Waals surface area contributed by atoms with E-state index in [0.717, 1.165) is 36.3 Å². The van der Waals surface area contributed by atoms with E-state index in [1.807, 2.05) is 16.4 Å². The zero-order chi connectivity index (χ0) is 16.7. The highest BCUT2D eigenvalue weighted by molar-refractivity contribution is 5.93. The number of benzene rings is 1. The van der Waals surface area contributed by atoms with E-state index in [2.05, 4.69) is 4.98 Å². The van der Waals surface area contributed by atoms with Crippen molar-refractivity contribution in [2.75, 3.05) is 13.2 Å². The molecule has 2 aromatic rings. The minimum absolute atomic E-state index is 0.00174. The fourth-order valence-corrected chi connectivity index (χ4v) is 3.76. The van der Waals surface area contributed by atoms with Gasteiger partial charge < -0.3 is 14.2 Å². The molecule has 1 saturated heterocycles. The monoisotopic (exact) mass is 329 g/mol. The molecule has 0 aliphatic carbocycles. The first-order chi connectivity index (χ1) is 11.6. The van der Waals surface area contributed by atoms with Gasteiger partial charge in [0.05, 0.1) is 18.8 Å². The number of hydrogen-bond donors (Lipinski definition) is 0. The third-order valence-electron chi connectivity index (χ3n) is 4.95. The smallest absolute Gasteiger partial charge is 0.272 e. The number of halogens is 1. The number of ether oxygens (including phenoxy) is 1. The Morgan fingerprint density at radius 2 is 2.25 bits per heavy atom. The van der Waals surface area contributed by atoms with Crippen molar-refractivity contribution >= 4 is 5.91 Å². The van der Waals surface area contributed by atoms with Crippen molar-refractivity contribution in [1.29, 1.82) is 0 Å². The van der Waals surface area contributed by atoms with Crippen molar-refractivity contribution in [2.45, 2.75) is 39.0 Å². The molecule has 0 saturated carbocycles. The van der Waals surface area contributed by atoms with Gasteiger partial charge in [0.15, 0.2) is 0 Å². The molecule has 0 spiro atoms. The quantitative estimate of drug-likeness (QED) is 0.851. The second-order valence-corrected chi connectivity index (χ2v) is 6.42. The second-order valence-electron chi connectivity index (χ2n) is 6.42. The minimum Gasteiger partial charge on any atom is -0.372 e. The number of likely N-dealkylation sites (tertiary alicyclic amines) is 1. The number of carbonyl (C=O) groups excluding carboxylic acids is 1. The van der Waals surface area contributed by atoms with Crippen molar-refractivity contribution in [1.82, 2.24) is 14.5 Å². The number of fused-ring (bicyclic) bond motifs is 1. The maximum atomic E-state index is 13.4. The number of aryl methyl sites for hydroxylation is 1. The first kappa shape index (κ1) is 15.3. The lowest BCUT2D eigenvalue weighted by atomic mass is 9.99. The molecule has 5 nitrogen and oxygen atoms in total. The summed E-state index contributed by atoms with van der Waals surface area (Å²) in [6.45, 7) is 4.33. The van der Waals surface area contributed by atoms with Gasteiger partial charge in [-0.3, -0.25) is 4.79 Å². The summed E-state index contributed by atoms with van der Waals surface area (Å²) in [6, 6.07) is 4.82. The van der Waals surface area contributed by atoms with Crippen LogP contribution in [-0.2, 0) is 17.9 Å². The van der Waals surface area contributed by atoms with Gasteiger partial charge in [0.1, 0.15) is 23.9 Å². The number of rotatable bonds is 2. The number of nitrogens with zero attached hydrogens (tertiary/aromatic N) is 3. The maximum absolute atomic E-state index is 13.4. The highest BCUT2D eigenvalue weighted by atomic mass is 19.1. The third kappa shape index (κ3) is 2.51. The molecule has 3 heterocycles. The molecule has 0 N–H and O–H groups in total. The van der Waals surface area contributed by atoms with Crippen LogP contribution in [0.5, 0.6) is 0 Å². The number of aromatic nitrogens is 2. The molecule has 1 unspecified atom stereocenters. The van der Waals surface area contributed by atoms with Crippen LogP contribution in [0, 0.1) is 12.7 Å². The predicted molar refractivity (Wildman–Crippen MR) is 86.0 cm³/mol. The van der Waals surface area contributed by atoms with Crippen LogP contribution in [0.15, 0.2) is 24.4 Å². The SMILES string of the molecule is Cc1cc(F)ccc1C1CCCN1C(=O)c1cnc2n1CCOC2. The normalized spacial score (nSPS) is 20.2. The van der Waals surface area contributed by atoms with E-state index in [0.29, 0.717) is 25.5 Å². The van der Waals surface area contributed by atoms with Crippen LogP contribution in [0.4, 0.5) is 4.39 Å². The molecule has 1 amide bonds. The van der Waals surface area contributed by atoms with Crippen molar-refractivity contribution in [2.24, 2.45) is 0 Å². The molecule has 1 aromatic carbocycles. The molecule has 4 rings (SSSR count). The minimum atomic E-state index is -0.239. The summed E-state index contributed by atoms with van der Waals surface area (Å²) in [5.41, 5.74) is 2.55. The summed E-state index contributed by atoms with van der Waals surface area (Å²) in [7, 11) is 0. The molecule has 1 fully saturated rings. The maximum Gasteiger partial charge on any atom is 0.272 e. The standard InChI is InChI=1S/C18H20FN3O2/c1-12-9-13(19)4-5-14(12)15-3-2-6-22(15)18(23)16-10-20-17-11-24-8-7-21(16)17/h4-5,9-10,15H,2-3,6-8,11H2,1H3. The van der Waals surface area contributed by atoms with Crippen molar-refractivity contribution in [3.05, 3.63) is 52.9 Å². The molecular formula is C18H20FN3O2. The van der Waals surface area contributed by atoms with Gasteiger partial charge >= 0.3 is 0 Å². The van der Waals surface area contributed by atoms with Crippen LogP contribution in [-0.4, -0.2) is 33.5 Å². The Balaban J connectivity index is 1.65. The first-order valence-electron chi connectivity index (χ1n) is 8.34. The summed E-state index contributed by atoms with van der Waals surface area (Å²) in [4.78, 5) is 19.3. The molecule has 2 aliphatic heterocycles. The van der Waals surface area contributed by atoms with Gasteiger partial charge in [0.2, 0.25) is 0 Å². The van der Waals surface area contributed by atoms with Gasteiger partial charge in [-0.15, -0.1) is 0 Å². The van der Waals surface area contributed by atoms with E-state index in [1.54, 1.807) is 12.3 Å². The molecule has 1 atom stereocenters. The Hall–Kier alpha value is -2.21. The zero-order valence-corrected chi connectivity index (χ0v) is 13.7. The van der Waals surface area contributed by atoms with Crippen LogP contribution in [0.1, 0.15) is 46.3 Å². The van der Waals surface area contributed by atoms with E-state index in [9.17, 15) is 9.18 Å². The summed E-state index contributed by atoms with van der Waals surface area (Å²) in [6.07, 6.45) is 3.51. The number of hydrogen-bond acceptors (Lipinski definition) is 3. The van der Waals surface area contributed by atoms with E-state index in [-0.39, 0.29) is 17.8 Å². The molecule has 24 heavy (non-hydrogen) atoms. The zero-order valence-electron chi connectivity index (χ0n) is 13.7. The summed E-state index contributed by atoms with van der Waals surface area (Å²) >= 11 is 0. The van der Waals surface area contributed by atoms with Gasteiger partial charge in [-0.25, -0.2) is 9.37 Å². The van der Waals surface area contributed by atoms with E-state index in [1.165, 1.54) is 12.1 Å². The van der Waals surface area contributed by atoms with Gasteiger partial charge in [-0.1, -0.05) is 6.07 Å². The Bertz CT molecular complexity index is 787. The van der Waals surface area contributed by atoms with Crippen molar-refractivity contribution < 1.29 is 13.9 Å². The van der Waals surface area contributed by atoms with Crippen LogP contribution in [0.2, 0.25) is 0 Å². The summed E-state index contributed by atoms with van der Waals surface area (Å²) < 4.78 is 20.7. The Kier molecular flexibility index (Phi) is 3.84. The van der Waals surface area contributed by atoms with Crippen molar-refractivity contribution in [3.8, 4) is 0 Å². The van der Waals surface area contributed by atoms with E-state index < -0.39 is 0 Å². The second kappa shape index (κ2) is 6.02. The van der Waals surface area contributed by atoms with Gasteiger partial charge in [-0.2, -0.15) is 0 Å². The fraction of sp³-hybridized carbons (Fsp3) is 0.444. The van der Waals surface area contributed by atoms with E-state index >= 15 is 0 Å². The molecular weight excluding hydrogens is 309 g/mol. The molecule has 126 valence electrons. The Morgan fingerprint density at radius 3 is 3.08 bits per heavy atom. The van der Waals surface area contributed by atoms with Gasteiger partial charge in [0, 0.05) is 13.1 Å². The number of imidazole rings is 1. The Labute approximate surface area is 140 Å². The average molecular weight is 329 g/mol. The average Bonchev–Trinajstić information content (AvgIpc) is 3.21. The third-order valence-corrected chi connectivity index (χ3v) is 4.95. The van der Waals surface area contributed by atoms with Crippen LogP contribution in [0.3, 0.4) is 0 Å². The molecule has 6 heteroatoms. The fourth-order valence-electron chi connectivity index (χ4n) is 3.76. The van der Waals surface area contributed by atoms with Crippen LogP contribution in [0.25, 0.3) is 0 Å². The lowest BCUT2D eigenvalue weighted by Crippen LogP contribution is -2.33. The number of amides is 1. The van der Waals surface area contributed by atoms with Crippen LogP contribution >= 0.6 is 0 Å².